The van der Waals surface area contributed by atoms with E-state index >= 15 is 0 Å². The Labute approximate surface area is 155 Å². The summed E-state index contributed by atoms with van der Waals surface area (Å²) < 4.78 is 24.7. The number of carbonyl (C=O) groups excluding carboxylic acids is 1. The summed E-state index contributed by atoms with van der Waals surface area (Å²) in [6, 6.07) is 12.0. The molecule has 6 nitrogen and oxygen atoms in total. The smallest absolute Gasteiger partial charge is 0.232 e. The highest BCUT2D eigenvalue weighted by Gasteiger charge is 2.36. The number of hydrogen-bond acceptors (Lipinski definition) is 5. The number of aryl methyl sites for hydroxylation is 1. The summed E-state index contributed by atoms with van der Waals surface area (Å²) in [5.41, 5.74) is 1.97. The minimum Gasteiger partial charge on any atom is -0.497 e. The number of ether oxygens (including phenoxy) is 1. The Morgan fingerprint density at radius 3 is 2.74 bits per heavy atom. The van der Waals surface area contributed by atoms with E-state index in [0.29, 0.717) is 18.3 Å². The summed E-state index contributed by atoms with van der Waals surface area (Å²) in [6.07, 6.45) is 0.206. The van der Waals surface area contributed by atoms with Crippen molar-refractivity contribution in [2.75, 3.05) is 18.6 Å². The maximum absolute atomic E-state index is 14.2. The van der Waals surface area contributed by atoms with Gasteiger partial charge in [0.15, 0.2) is 0 Å². The Balaban J connectivity index is 1.56. The van der Waals surface area contributed by atoms with Gasteiger partial charge in [-0.15, -0.1) is 0 Å². The molecule has 0 N–H and O–H groups in total. The van der Waals surface area contributed by atoms with Crippen LogP contribution in [0.1, 0.15) is 23.8 Å². The molecule has 0 saturated carbocycles. The van der Waals surface area contributed by atoms with Crippen LogP contribution >= 0.6 is 0 Å². The molecule has 0 radical (unpaired) electrons. The molecule has 0 bridgehead atoms. The van der Waals surface area contributed by atoms with Gasteiger partial charge < -0.3 is 14.2 Å². The van der Waals surface area contributed by atoms with E-state index in [2.05, 4.69) is 10.1 Å². The summed E-state index contributed by atoms with van der Waals surface area (Å²) in [7, 11) is 1.60. The summed E-state index contributed by atoms with van der Waals surface area (Å²) in [6.45, 7) is 2.17. The molecule has 4 rings (SSSR count). The number of halogens is 1. The van der Waals surface area contributed by atoms with Gasteiger partial charge in [-0.3, -0.25) is 4.79 Å². The van der Waals surface area contributed by atoms with Crippen LogP contribution in [0.25, 0.3) is 11.4 Å². The third kappa shape index (κ3) is 3.28. The van der Waals surface area contributed by atoms with Gasteiger partial charge in [0, 0.05) is 18.5 Å². The normalized spacial score (nSPS) is 16.8. The van der Waals surface area contributed by atoms with Gasteiger partial charge in [-0.25, -0.2) is 4.39 Å². The van der Waals surface area contributed by atoms with Gasteiger partial charge in [-0.1, -0.05) is 11.2 Å². The average molecular weight is 367 g/mol. The number of benzene rings is 2. The topological polar surface area (TPSA) is 68.5 Å². The van der Waals surface area contributed by atoms with E-state index in [9.17, 15) is 9.18 Å². The molecule has 0 spiro atoms. The highest BCUT2D eigenvalue weighted by atomic mass is 19.1. The predicted octanol–water partition coefficient (Wildman–Crippen LogP) is 3.71. The molecule has 1 atom stereocenters. The fraction of sp³-hybridized carbons (Fsp3) is 0.250. The standard InChI is InChI=1S/C20H18FN3O3/c1-12-3-8-16(21)17(9-12)24-11-14(10-18(24)25)20-22-19(23-27-20)13-4-6-15(26-2)7-5-13/h3-9,14H,10-11H2,1-2H3. The van der Waals surface area contributed by atoms with Crippen LogP contribution in [0.3, 0.4) is 0 Å². The lowest BCUT2D eigenvalue weighted by Crippen LogP contribution is -2.25. The first kappa shape index (κ1) is 17.2. The van der Waals surface area contributed by atoms with Crippen LogP contribution in [-0.2, 0) is 4.79 Å². The first-order chi connectivity index (χ1) is 13.0. The van der Waals surface area contributed by atoms with Gasteiger partial charge >= 0.3 is 0 Å². The Bertz CT molecular complexity index is 984. The zero-order chi connectivity index (χ0) is 19.0. The molecular formula is C20H18FN3O3. The van der Waals surface area contributed by atoms with Crippen LogP contribution in [0, 0.1) is 12.7 Å². The third-order valence-electron chi connectivity index (χ3n) is 4.66. The minimum atomic E-state index is -0.418. The van der Waals surface area contributed by atoms with E-state index in [1.54, 1.807) is 19.2 Å². The maximum atomic E-state index is 14.2. The molecule has 1 amide bonds. The molecule has 2 heterocycles. The van der Waals surface area contributed by atoms with Crippen molar-refractivity contribution in [3.8, 4) is 17.1 Å². The first-order valence-electron chi connectivity index (χ1n) is 8.59. The lowest BCUT2D eigenvalue weighted by atomic mass is 10.1. The van der Waals surface area contributed by atoms with Crippen molar-refractivity contribution in [3.63, 3.8) is 0 Å². The number of methoxy groups -OCH3 is 1. The Morgan fingerprint density at radius 2 is 2.00 bits per heavy atom. The van der Waals surface area contributed by atoms with E-state index in [-0.39, 0.29) is 23.9 Å². The number of carbonyl (C=O) groups is 1. The molecule has 138 valence electrons. The van der Waals surface area contributed by atoms with Gasteiger partial charge in [-0.2, -0.15) is 4.98 Å². The second-order valence-electron chi connectivity index (χ2n) is 6.54. The number of nitrogens with zero attached hydrogens (tertiary/aromatic N) is 3. The predicted molar refractivity (Wildman–Crippen MR) is 97.1 cm³/mol. The first-order valence-corrected chi connectivity index (χ1v) is 8.59. The molecule has 1 saturated heterocycles. The number of aromatic nitrogens is 2. The van der Waals surface area contributed by atoms with Crippen LogP contribution in [0.15, 0.2) is 47.0 Å². The molecule has 1 aliphatic heterocycles. The molecule has 0 aliphatic carbocycles. The van der Waals surface area contributed by atoms with Gasteiger partial charge in [0.25, 0.3) is 0 Å². The highest BCUT2D eigenvalue weighted by Crippen LogP contribution is 2.33. The zero-order valence-corrected chi connectivity index (χ0v) is 15.0. The second-order valence-corrected chi connectivity index (χ2v) is 6.54. The van der Waals surface area contributed by atoms with E-state index in [4.69, 9.17) is 9.26 Å². The highest BCUT2D eigenvalue weighted by molar-refractivity contribution is 5.96. The van der Waals surface area contributed by atoms with Gasteiger partial charge in [-0.05, 0) is 48.9 Å². The largest absolute Gasteiger partial charge is 0.497 e. The summed E-state index contributed by atoms with van der Waals surface area (Å²) in [5, 5.41) is 4.01. The van der Waals surface area contributed by atoms with E-state index in [1.165, 1.54) is 11.0 Å². The van der Waals surface area contributed by atoms with Crippen molar-refractivity contribution in [1.82, 2.24) is 10.1 Å². The quantitative estimate of drug-likeness (QED) is 0.703. The van der Waals surface area contributed by atoms with Crippen molar-refractivity contribution < 1.29 is 18.4 Å². The van der Waals surface area contributed by atoms with Crippen LogP contribution < -0.4 is 9.64 Å². The molecule has 2 aromatic carbocycles. The molecule has 1 fully saturated rings. The molecule has 3 aromatic rings. The molecule has 1 unspecified atom stereocenters. The SMILES string of the molecule is COc1ccc(-c2noc(C3CC(=O)N(c4cc(C)ccc4F)C3)n2)cc1. The lowest BCUT2D eigenvalue weighted by molar-refractivity contribution is -0.117. The van der Waals surface area contributed by atoms with Crippen molar-refractivity contribution in [2.24, 2.45) is 0 Å². The molecular weight excluding hydrogens is 349 g/mol. The minimum absolute atomic E-state index is 0.159. The molecule has 7 heteroatoms. The van der Waals surface area contributed by atoms with Gasteiger partial charge in [0.2, 0.25) is 17.6 Å². The van der Waals surface area contributed by atoms with E-state index < -0.39 is 5.82 Å². The van der Waals surface area contributed by atoms with Crippen LogP contribution in [-0.4, -0.2) is 29.7 Å². The van der Waals surface area contributed by atoms with E-state index in [0.717, 1.165) is 16.9 Å². The zero-order valence-electron chi connectivity index (χ0n) is 15.0. The van der Waals surface area contributed by atoms with E-state index in [1.807, 2.05) is 31.2 Å². The molecule has 1 aliphatic rings. The lowest BCUT2D eigenvalue weighted by Gasteiger charge is -2.17. The van der Waals surface area contributed by atoms with Crippen LogP contribution in [0.2, 0.25) is 0 Å². The molecule has 1 aromatic heterocycles. The van der Waals surface area contributed by atoms with Crippen molar-refractivity contribution >= 4 is 11.6 Å². The Kier molecular flexibility index (Phi) is 4.35. The average Bonchev–Trinajstić information content (AvgIpc) is 3.31. The van der Waals surface area contributed by atoms with Gasteiger partial charge in [0.05, 0.1) is 18.7 Å². The monoisotopic (exact) mass is 367 g/mol. The maximum Gasteiger partial charge on any atom is 0.232 e. The summed E-state index contributed by atoms with van der Waals surface area (Å²) in [4.78, 5) is 18.3. The van der Waals surface area contributed by atoms with Crippen molar-refractivity contribution in [3.05, 3.63) is 59.7 Å². The Hall–Kier alpha value is -3.22. The van der Waals surface area contributed by atoms with Crippen LogP contribution in [0.4, 0.5) is 10.1 Å². The summed E-state index contributed by atoms with van der Waals surface area (Å²) >= 11 is 0. The fourth-order valence-corrected chi connectivity index (χ4v) is 3.19. The summed E-state index contributed by atoms with van der Waals surface area (Å²) in [5.74, 6) is 0.717. The number of amides is 1. The van der Waals surface area contributed by atoms with Gasteiger partial charge in [0.1, 0.15) is 11.6 Å². The fourth-order valence-electron chi connectivity index (χ4n) is 3.19. The second kappa shape index (κ2) is 6.83. The Morgan fingerprint density at radius 1 is 1.22 bits per heavy atom. The van der Waals surface area contributed by atoms with Crippen LogP contribution in [0.5, 0.6) is 5.75 Å². The van der Waals surface area contributed by atoms with Crippen molar-refractivity contribution in [1.29, 1.82) is 0 Å². The number of anilines is 1. The number of hydrogen-bond donors (Lipinski definition) is 0. The molecule has 27 heavy (non-hydrogen) atoms. The number of rotatable bonds is 4. The van der Waals surface area contributed by atoms with Crippen molar-refractivity contribution in [2.45, 2.75) is 19.3 Å². The third-order valence-corrected chi connectivity index (χ3v) is 4.66.